The minimum Gasteiger partial charge on any atom is -0.409 e. The highest BCUT2D eigenvalue weighted by molar-refractivity contribution is 5.98. The minimum absolute atomic E-state index is 0.0513. The number of nitrogens with two attached hydrogens (primary N) is 1. The number of nitrogens with zero attached hydrogens (tertiary/aromatic N) is 1. The molecule has 0 unspecified atom stereocenters. The Balaban J connectivity index is 3.04. The predicted molar refractivity (Wildman–Crippen MR) is 49.7 cm³/mol. The van der Waals surface area contributed by atoms with Crippen molar-refractivity contribution in [3.05, 3.63) is 35.4 Å². The van der Waals surface area contributed by atoms with Crippen molar-refractivity contribution in [2.45, 2.75) is 6.42 Å². The van der Waals surface area contributed by atoms with Crippen molar-refractivity contribution in [1.82, 2.24) is 0 Å². The molecule has 1 rings (SSSR count). The van der Waals surface area contributed by atoms with Crippen LogP contribution in [0.2, 0.25) is 0 Å². The smallest absolute Gasteiger partial charge is 0.170 e. The molecule has 0 atom stereocenters. The van der Waals surface area contributed by atoms with Crippen molar-refractivity contribution in [1.29, 1.82) is 0 Å². The summed E-state index contributed by atoms with van der Waals surface area (Å²) in [6.07, 6.45) is 0.506. The van der Waals surface area contributed by atoms with Crippen LogP contribution in [0.25, 0.3) is 0 Å². The van der Waals surface area contributed by atoms with E-state index in [4.69, 9.17) is 16.0 Å². The van der Waals surface area contributed by atoms with Gasteiger partial charge in [0.2, 0.25) is 0 Å². The van der Waals surface area contributed by atoms with Gasteiger partial charge >= 0.3 is 0 Å². The van der Waals surface area contributed by atoms with E-state index in [1.807, 2.05) is 12.1 Å². The van der Waals surface area contributed by atoms with E-state index < -0.39 is 0 Å². The van der Waals surface area contributed by atoms with E-state index in [-0.39, 0.29) is 12.4 Å². The Morgan fingerprint density at radius 2 is 2.08 bits per heavy atom. The molecule has 0 aliphatic carbocycles. The molecule has 0 radical (unpaired) electrons. The molecule has 1 aromatic rings. The molecule has 0 aliphatic heterocycles. The number of hydrogen-bond donors (Lipinski definition) is 3. The van der Waals surface area contributed by atoms with Gasteiger partial charge in [-0.25, -0.2) is 0 Å². The lowest BCUT2D eigenvalue weighted by atomic mass is 10.0. The van der Waals surface area contributed by atoms with Crippen LogP contribution in [0.5, 0.6) is 0 Å². The van der Waals surface area contributed by atoms with Crippen LogP contribution in [0, 0.1) is 0 Å². The van der Waals surface area contributed by atoms with Gasteiger partial charge in [0, 0.05) is 12.2 Å². The number of hydrogen-bond acceptors (Lipinski definition) is 3. The van der Waals surface area contributed by atoms with Gasteiger partial charge in [0.25, 0.3) is 0 Å². The molecule has 0 aliphatic rings. The van der Waals surface area contributed by atoms with Gasteiger partial charge in [0.05, 0.1) is 0 Å². The lowest BCUT2D eigenvalue weighted by Crippen LogP contribution is -2.15. The first-order chi connectivity index (χ1) is 6.29. The first-order valence-corrected chi connectivity index (χ1v) is 3.96. The fourth-order valence-corrected chi connectivity index (χ4v) is 1.16. The summed E-state index contributed by atoms with van der Waals surface area (Å²) in [6.45, 7) is 0.0513. The second-order valence-electron chi connectivity index (χ2n) is 2.62. The van der Waals surface area contributed by atoms with Crippen LogP contribution >= 0.6 is 0 Å². The van der Waals surface area contributed by atoms with Gasteiger partial charge in [0.1, 0.15) is 0 Å². The van der Waals surface area contributed by atoms with E-state index in [1.54, 1.807) is 12.1 Å². The van der Waals surface area contributed by atoms with Crippen LogP contribution in [0.3, 0.4) is 0 Å². The summed E-state index contributed by atoms with van der Waals surface area (Å²) in [6, 6.07) is 7.23. The van der Waals surface area contributed by atoms with Gasteiger partial charge in [0.15, 0.2) is 5.84 Å². The zero-order valence-electron chi connectivity index (χ0n) is 7.14. The third-order valence-corrected chi connectivity index (χ3v) is 1.78. The van der Waals surface area contributed by atoms with Gasteiger partial charge in [-0.05, 0) is 12.0 Å². The molecule has 0 amide bonds. The maximum absolute atomic E-state index is 8.76. The molecule has 70 valence electrons. The molecule has 13 heavy (non-hydrogen) atoms. The Morgan fingerprint density at radius 1 is 1.38 bits per heavy atom. The monoisotopic (exact) mass is 180 g/mol. The summed E-state index contributed by atoms with van der Waals surface area (Å²) >= 11 is 0. The molecule has 0 heterocycles. The number of oxime groups is 1. The lowest BCUT2D eigenvalue weighted by molar-refractivity contribution is 0.299. The number of aliphatic hydroxyl groups is 1. The van der Waals surface area contributed by atoms with Crippen molar-refractivity contribution in [2.24, 2.45) is 10.9 Å². The van der Waals surface area contributed by atoms with E-state index >= 15 is 0 Å². The highest BCUT2D eigenvalue weighted by Gasteiger charge is 2.04. The first kappa shape index (κ1) is 9.54. The van der Waals surface area contributed by atoms with Gasteiger partial charge in [-0.2, -0.15) is 0 Å². The molecule has 4 heteroatoms. The van der Waals surface area contributed by atoms with Crippen molar-refractivity contribution >= 4 is 5.84 Å². The molecule has 4 nitrogen and oxygen atoms in total. The van der Waals surface area contributed by atoms with E-state index in [0.29, 0.717) is 12.0 Å². The topological polar surface area (TPSA) is 78.8 Å². The largest absolute Gasteiger partial charge is 0.409 e. The number of benzene rings is 1. The number of aliphatic hydroxyl groups excluding tert-OH is 1. The average molecular weight is 180 g/mol. The van der Waals surface area contributed by atoms with Crippen molar-refractivity contribution in [2.75, 3.05) is 6.61 Å². The Hall–Kier alpha value is -1.55. The molecular formula is C9H12N2O2. The highest BCUT2D eigenvalue weighted by atomic mass is 16.4. The quantitative estimate of drug-likeness (QED) is 0.271. The molecule has 0 saturated heterocycles. The number of amidine groups is 1. The molecule has 0 aromatic heterocycles. The molecule has 1 aromatic carbocycles. The van der Waals surface area contributed by atoms with E-state index in [1.165, 1.54) is 0 Å². The fourth-order valence-electron chi connectivity index (χ4n) is 1.16. The Labute approximate surface area is 76.3 Å². The number of rotatable bonds is 3. The molecule has 0 spiro atoms. The Bertz CT molecular complexity index is 310. The molecule has 4 N–H and O–H groups in total. The van der Waals surface area contributed by atoms with Crippen molar-refractivity contribution < 1.29 is 10.3 Å². The molecule has 0 fully saturated rings. The van der Waals surface area contributed by atoms with E-state index in [0.717, 1.165) is 5.56 Å². The SMILES string of the molecule is N/C(=N\O)c1ccccc1CCO. The van der Waals surface area contributed by atoms with Gasteiger partial charge in [-0.3, -0.25) is 0 Å². The molecular weight excluding hydrogens is 168 g/mol. The third kappa shape index (κ3) is 2.19. The summed E-state index contributed by atoms with van der Waals surface area (Å²) in [5, 5.41) is 20.2. The Morgan fingerprint density at radius 3 is 2.69 bits per heavy atom. The molecule has 0 saturated carbocycles. The zero-order chi connectivity index (χ0) is 9.68. The standard InChI is InChI=1S/C9H12N2O2/c10-9(11-13)8-4-2-1-3-7(8)5-6-12/h1-4,12-13H,5-6H2,(H2,10,11). The van der Waals surface area contributed by atoms with Crippen molar-refractivity contribution in [3.63, 3.8) is 0 Å². The van der Waals surface area contributed by atoms with Gasteiger partial charge < -0.3 is 16.0 Å². The van der Waals surface area contributed by atoms with Crippen LogP contribution in [0.15, 0.2) is 29.4 Å². The summed E-state index contributed by atoms with van der Waals surface area (Å²) in [5.41, 5.74) is 6.98. The van der Waals surface area contributed by atoms with Crippen LogP contribution < -0.4 is 5.73 Å². The van der Waals surface area contributed by atoms with Crippen LogP contribution in [0.4, 0.5) is 0 Å². The zero-order valence-corrected chi connectivity index (χ0v) is 7.14. The lowest BCUT2D eigenvalue weighted by Gasteiger charge is -2.05. The summed E-state index contributed by atoms with van der Waals surface area (Å²) in [5.74, 6) is 0.0732. The maximum atomic E-state index is 8.76. The van der Waals surface area contributed by atoms with Crippen LogP contribution in [-0.4, -0.2) is 22.8 Å². The second-order valence-corrected chi connectivity index (χ2v) is 2.62. The Kier molecular flexibility index (Phi) is 3.28. The summed E-state index contributed by atoms with van der Waals surface area (Å²) in [7, 11) is 0. The van der Waals surface area contributed by atoms with Crippen molar-refractivity contribution in [3.8, 4) is 0 Å². The minimum atomic E-state index is 0.0513. The first-order valence-electron chi connectivity index (χ1n) is 3.96. The third-order valence-electron chi connectivity index (χ3n) is 1.78. The molecule has 0 bridgehead atoms. The maximum Gasteiger partial charge on any atom is 0.170 e. The summed E-state index contributed by atoms with van der Waals surface area (Å²) < 4.78 is 0. The van der Waals surface area contributed by atoms with Crippen LogP contribution in [-0.2, 0) is 6.42 Å². The van der Waals surface area contributed by atoms with Gasteiger partial charge in [-0.15, -0.1) is 0 Å². The average Bonchev–Trinajstić information content (AvgIpc) is 2.18. The predicted octanol–water partition coefficient (Wildman–Crippen LogP) is 0.316. The van der Waals surface area contributed by atoms with E-state index in [9.17, 15) is 0 Å². The fraction of sp³-hybridized carbons (Fsp3) is 0.222. The summed E-state index contributed by atoms with van der Waals surface area (Å²) in [4.78, 5) is 0. The highest BCUT2D eigenvalue weighted by Crippen LogP contribution is 2.08. The normalized spacial score (nSPS) is 11.6. The van der Waals surface area contributed by atoms with Gasteiger partial charge in [-0.1, -0.05) is 29.4 Å². The van der Waals surface area contributed by atoms with Crippen LogP contribution in [0.1, 0.15) is 11.1 Å². The van der Waals surface area contributed by atoms with E-state index in [2.05, 4.69) is 5.16 Å². The second kappa shape index (κ2) is 4.47.